The zero-order chi connectivity index (χ0) is 12.5. The summed E-state index contributed by atoms with van der Waals surface area (Å²) >= 11 is 0. The Morgan fingerprint density at radius 2 is 2.39 bits per heavy atom. The van der Waals surface area contributed by atoms with Gasteiger partial charge in [0.25, 0.3) is 0 Å². The SMILES string of the molecule is C#CCNC1CCCc2c1c(C)c1ccccn21. The van der Waals surface area contributed by atoms with Crippen molar-refractivity contribution in [3.63, 3.8) is 0 Å². The maximum absolute atomic E-state index is 5.36. The molecule has 0 amide bonds. The van der Waals surface area contributed by atoms with Crippen molar-refractivity contribution in [1.82, 2.24) is 9.72 Å². The van der Waals surface area contributed by atoms with Crippen molar-refractivity contribution in [2.24, 2.45) is 0 Å². The summed E-state index contributed by atoms with van der Waals surface area (Å²) in [5.41, 5.74) is 5.67. The molecule has 0 saturated carbocycles. The van der Waals surface area contributed by atoms with Gasteiger partial charge in [0.1, 0.15) is 0 Å². The van der Waals surface area contributed by atoms with Crippen LogP contribution in [-0.4, -0.2) is 10.9 Å². The molecule has 0 saturated heterocycles. The Hall–Kier alpha value is -1.72. The highest BCUT2D eigenvalue weighted by atomic mass is 15.0. The van der Waals surface area contributed by atoms with Gasteiger partial charge in [0, 0.05) is 23.4 Å². The molecule has 0 fully saturated rings. The molecule has 1 unspecified atom stereocenters. The Kier molecular flexibility index (Phi) is 2.85. The van der Waals surface area contributed by atoms with Gasteiger partial charge >= 0.3 is 0 Å². The number of aryl methyl sites for hydroxylation is 2. The number of fused-ring (bicyclic) bond motifs is 3. The maximum atomic E-state index is 5.36. The lowest BCUT2D eigenvalue weighted by atomic mass is 9.90. The van der Waals surface area contributed by atoms with Crippen molar-refractivity contribution >= 4 is 5.52 Å². The van der Waals surface area contributed by atoms with Crippen molar-refractivity contribution < 1.29 is 0 Å². The van der Waals surface area contributed by atoms with E-state index in [0.717, 1.165) is 0 Å². The van der Waals surface area contributed by atoms with Crippen molar-refractivity contribution in [1.29, 1.82) is 0 Å². The molecule has 92 valence electrons. The van der Waals surface area contributed by atoms with Crippen LogP contribution >= 0.6 is 0 Å². The molecule has 1 atom stereocenters. The summed E-state index contributed by atoms with van der Waals surface area (Å²) in [7, 11) is 0. The molecule has 18 heavy (non-hydrogen) atoms. The van der Waals surface area contributed by atoms with Crippen LogP contribution in [0.2, 0.25) is 0 Å². The summed E-state index contributed by atoms with van der Waals surface area (Å²) < 4.78 is 2.34. The van der Waals surface area contributed by atoms with Gasteiger partial charge in [-0.3, -0.25) is 5.32 Å². The fourth-order valence-electron chi connectivity index (χ4n) is 3.19. The van der Waals surface area contributed by atoms with E-state index in [2.05, 4.69) is 47.0 Å². The predicted octanol–water partition coefficient (Wildman–Crippen LogP) is 2.85. The third-order valence-corrected chi connectivity index (χ3v) is 3.96. The zero-order valence-electron chi connectivity index (χ0n) is 10.7. The van der Waals surface area contributed by atoms with Gasteiger partial charge in [-0.1, -0.05) is 12.0 Å². The number of rotatable bonds is 2. The second-order valence-corrected chi connectivity index (χ2v) is 4.97. The molecule has 2 heteroatoms. The van der Waals surface area contributed by atoms with Gasteiger partial charge in [-0.05, 0) is 49.4 Å². The van der Waals surface area contributed by atoms with E-state index in [0.29, 0.717) is 12.6 Å². The van der Waals surface area contributed by atoms with Gasteiger partial charge in [-0.15, -0.1) is 6.42 Å². The largest absolute Gasteiger partial charge is 0.320 e. The van der Waals surface area contributed by atoms with Crippen molar-refractivity contribution in [3.05, 3.63) is 41.2 Å². The lowest BCUT2D eigenvalue weighted by Crippen LogP contribution is -2.25. The molecule has 1 aliphatic rings. The molecule has 2 nitrogen and oxygen atoms in total. The highest BCUT2D eigenvalue weighted by molar-refractivity contribution is 5.62. The van der Waals surface area contributed by atoms with Gasteiger partial charge in [-0.2, -0.15) is 0 Å². The highest BCUT2D eigenvalue weighted by Gasteiger charge is 2.25. The average Bonchev–Trinajstić information content (AvgIpc) is 2.72. The van der Waals surface area contributed by atoms with Gasteiger partial charge in [0.2, 0.25) is 0 Å². The second kappa shape index (κ2) is 4.51. The van der Waals surface area contributed by atoms with E-state index in [1.807, 2.05) is 0 Å². The van der Waals surface area contributed by atoms with Gasteiger partial charge in [0.15, 0.2) is 0 Å². The first kappa shape index (κ1) is 11.4. The molecule has 0 bridgehead atoms. The summed E-state index contributed by atoms with van der Waals surface area (Å²) in [5, 5.41) is 3.48. The van der Waals surface area contributed by atoms with Crippen LogP contribution < -0.4 is 5.32 Å². The Bertz CT molecular complexity index is 616. The summed E-state index contributed by atoms with van der Waals surface area (Å²) in [4.78, 5) is 0. The first-order valence-corrected chi connectivity index (χ1v) is 6.58. The van der Waals surface area contributed by atoms with E-state index >= 15 is 0 Å². The quantitative estimate of drug-likeness (QED) is 0.796. The lowest BCUT2D eigenvalue weighted by Gasteiger charge is -2.24. The van der Waals surface area contributed by atoms with Crippen LogP contribution in [0.1, 0.15) is 35.7 Å². The second-order valence-electron chi connectivity index (χ2n) is 4.97. The smallest absolute Gasteiger partial charge is 0.0578 e. The molecule has 2 heterocycles. The van der Waals surface area contributed by atoms with Crippen molar-refractivity contribution in [2.45, 2.75) is 32.2 Å². The predicted molar refractivity (Wildman–Crippen MR) is 74.6 cm³/mol. The Morgan fingerprint density at radius 1 is 1.50 bits per heavy atom. The molecule has 2 aromatic rings. The van der Waals surface area contributed by atoms with E-state index in [4.69, 9.17) is 6.42 Å². The molecular formula is C16H18N2. The number of aromatic nitrogens is 1. The van der Waals surface area contributed by atoms with Crippen LogP contribution in [0, 0.1) is 19.3 Å². The number of pyridine rings is 1. The maximum Gasteiger partial charge on any atom is 0.0578 e. The van der Waals surface area contributed by atoms with Crippen LogP contribution in [0.25, 0.3) is 5.52 Å². The van der Waals surface area contributed by atoms with E-state index in [1.54, 1.807) is 0 Å². The van der Waals surface area contributed by atoms with E-state index < -0.39 is 0 Å². The third-order valence-electron chi connectivity index (χ3n) is 3.96. The van der Waals surface area contributed by atoms with Gasteiger partial charge in [0.05, 0.1) is 6.54 Å². The van der Waals surface area contributed by atoms with Crippen LogP contribution in [0.3, 0.4) is 0 Å². The van der Waals surface area contributed by atoms with Crippen LogP contribution in [0.4, 0.5) is 0 Å². The van der Waals surface area contributed by atoms with E-state index in [9.17, 15) is 0 Å². The van der Waals surface area contributed by atoms with Crippen molar-refractivity contribution in [3.8, 4) is 12.3 Å². The molecule has 1 aliphatic carbocycles. The molecular weight excluding hydrogens is 220 g/mol. The Morgan fingerprint density at radius 3 is 3.22 bits per heavy atom. The monoisotopic (exact) mass is 238 g/mol. The number of hydrogen-bond donors (Lipinski definition) is 1. The van der Waals surface area contributed by atoms with Gasteiger partial charge in [-0.25, -0.2) is 0 Å². The zero-order valence-corrected chi connectivity index (χ0v) is 10.7. The first-order chi connectivity index (χ1) is 8.83. The minimum Gasteiger partial charge on any atom is -0.320 e. The van der Waals surface area contributed by atoms with Crippen LogP contribution in [0.15, 0.2) is 24.4 Å². The minimum atomic E-state index is 0.421. The molecule has 0 aliphatic heterocycles. The highest BCUT2D eigenvalue weighted by Crippen LogP contribution is 2.35. The lowest BCUT2D eigenvalue weighted by molar-refractivity contribution is 0.477. The summed E-state index contributed by atoms with van der Waals surface area (Å²) in [6.45, 7) is 2.87. The summed E-state index contributed by atoms with van der Waals surface area (Å²) in [5.74, 6) is 2.68. The normalized spacial score (nSPS) is 18.6. The van der Waals surface area contributed by atoms with E-state index in [1.165, 1.54) is 41.6 Å². The molecule has 2 aromatic heterocycles. The standard InChI is InChI=1S/C16H18N2/c1-3-10-17-13-7-6-9-15-16(13)12(2)14-8-4-5-11-18(14)15/h1,4-5,8,11,13,17H,6-7,9-10H2,2H3. The van der Waals surface area contributed by atoms with Crippen LogP contribution in [-0.2, 0) is 6.42 Å². The fourth-order valence-corrected chi connectivity index (χ4v) is 3.19. The average molecular weight is 238 g/mol. The van der Waals surface area contributed by atoms with Gasteiger partial charge < -0.3 is 4.40 Å². The number of terminal acetylenes is 1. The Balaban J connectivity index is 2.14. The third kappa shape index (κ3) is 1.63. The fraction of sp³-hybridized carbons (Fsp3) is 0.375. The number of nitrogens with zero attached hydrogens (tertiary/aromatic N) is 1. The summed E-state index contributed by atoms with van der Waals surface area (Å²) in [6, 6.07) is 6.83. The summed E-state index contributed by atoms with van der Waals surface area (Å²) in [6.07, 6.45) is 11.1. The van der Waals surface area contributed by atoms with Crippen molar-refractivity contribution in [2.75, 3.05) is 6.54 Å². The molecule has 3 rings (SSSR count). The van der Waals surface area contributed by atoms with E-state index in [-0.39, 0.29) is 0 Å². The molecule has 0 spiro atoms. The first-order valence-electron chi connectivity index (χ1n) is 6.58. The topological polar surface area (TPSA) is 16.4 Å². The molecule has 1 N–H and O–H groups in total. The Labute approximate surface area is 108 Å². The van der Waals surface area contributed by atoms with Crippen LogP contribution in [0.5, 0.6) is 0 Å². The number of nitrogens with one attached hydrogen (secondary N) is 1. The molecule has 0 radical (unpaired) electrons. The minimum absolute atomic E-state index is 0.421. The number of hydrogen-bond acceptors (Lipinski definition) is 1. The molecule has 0 aromatic carbocycles.